The van der Waals surface area contributed by atoms with E-state index in [1.165, 1.54) is 11.3 Å². The molecule has 0 bridgehead atoms. The minimum absolute atomic E-state index is 0.106. The van der Waals surface area contributed by atoms with Crippen LogP contribution in [0.25, 0.3) is 10.2 Å². The van der Waals surface area contributed by atoms with Gasteiger partial charge in [-0.15, -0.1) is 11.3 Å². The lowest BCUT2D eigenvalue weighted by Gasteiger charge is -2.06. The Morgan fingerprint density at radius 1 is 1.28 bits per heavy atom. The highest BCUT2D eigenvalue weighted by Gasteiger charge is 2.19. The summed E-state index contributed by atoms with van der Waals surface area (Å²) in [5, 5.41) is 3.45. The van der Waals surface area contributed by atoms with Crippen LogP contribution in [0.3, 0.4) is 0 Å². The number of benzene rings is 1. The Hall–Kier alpha value is -2.47. The molecule has 3 aromatic rings. The Balaban J connectivity index is 1.97. The number of nitrogens with zero attached hydrogens (tertiary/aromatic N) is 2. The van der Waals surface area contributed by atoms with Crippen molar-refractivity contribution in [2.24, 2.45) is 5.92 Å². The first kappa shape index (κ1) is 17.4. The molecule has 3 rings (SSSR count). The molecule has 6 heteroatoms. The second-order valence-corrected chi connectivity index (χ2v) is 7.50. The zero-order valence-corrected chi connectivity index (χ0v) is 15.4. The van der Waals surface area contributed by atoms with Gasteiger partial charge in [-0.25, -0.2) is 4.98 Å². The van der Waals surface area contributed by atoms with E-state index in [-0.39, 0.29) is 11.5 Å². The quantitative estimate of drug-likeness (QED) is 0.764. The lowest BCUT2D eigenvalue weighted by molar-refractivity contribution is 0.0952. The Morgan fingerprint density at radius 2 is 2.00 bits per heavy atom. The number of thiophene rings is 1. The molecule has 1 aromatic carbocycles. The van der Waals surface area contributed by atoms with Gasteiger partial charge < -0.3 is 5.32 Å². The van der Waals surface area contributed by atoms with Gasteiger partial charge in [-0.3, -0.25) is 14.2 Å². The Labute approximate surface area is 150 Å². The SMILES string of the molecule is Cc1c(C(=O)NCC(C)C)sc2ncn(Cc3ccccc3)c(=O)c12. The number of amides is 1. The molecule has 0 aliphatic carbocycles. The van der Waals surface area contributed by atoms with Crippen LogP contribution in [0.1, 0.15) is 34.6 Å². The van der Waals surface area contributed by atoms with Gasteiger partial charge in [0.2, 0.25) is 0 Å². The third-order valence-corrected chi connectivity index (χ3v) is 5.19. The van der Waals surface area contributed by atoms with E-state index in [1.807, 2.05) is 51.1 Å². The van der Waals surface area contributed by atoms with Crippen LogP contribution in [0.15, 0.2) is 41.5 Å². The van der Waals surface area contributed by atoms with E-state index >= 15 is 0 Å². The maximum atomic E-state index is 12.9. The molecular weight excluding hydrogens is 334 g/mol. The molecule has 0 saturated heterocycles. The van der Waals surface area contributed by atoms with Crippen LogP contribution in [0.2, 0.25) is 0 Å². The first-order valence-electron chi connectivity index (χ1n) is 8.28. The molecule has 0 fully saturated rings. The normalized spacial score (nSPS) is 11.2. The number of hydrogen-bond acceptors (Lipinski definition) is 4. The number of aryl methyl sites for hydroxylation is 1. The summed E-state index contributed by atoms with van der Waals surface area (Å²) in [4.78, 5) is 30.8. The minimum Gasteiger partial charge on any atom is -0.351 e. The van der Waals surface area contributed by atoms with Crippen molar-refractivity contribution >= 4 is 27.5 Å². The molecule has 1 amide bonds. The molecule has 0 atom stereocenters. The predicted octanol–water partition coefficient (Wildman–Crippen LogP) is 3.20. The van der Waals surface area contributed by atoms with Crippen molar-refractivity contribution in [1.82, 2.24) is 14.9 Å². The van der Waals surface area contributed by atoms with E-state index in [0.717, 1.165) is 5.56 Å². The van der Waals surface area contributed by atoms with E-state index < -0.39 is 0 Å². The van der Waals surface area contributed by atoms with Crippen molar-refractivity contribution in [1.29, 1.82) is 0 Å². The van der Waals surface area contributed by atoms with Gasteiger partial charge in [0.1, 0.15) is 4.83 Å². The number of carbonyl (C=O) groups excluding carboxylic acids is 1. The summed E-state index contributed by atoms with van der Waals surface area (Å²) in [7, 11) is 0. The Kier molecular flexibility index (Phi) is 4.99. The average Bonchev–Trinajstić information content (AvgIpc) is 2.94. The van der Waals surface area contributed by atoms with Gasteiger partial charge in [-0.05, 0) is 24.0 Å². The van der Waals surface area contributed by atoms with Gasteiger partial charge in [0.15, 0.2) is 0 Å². The van der Waals surface area contributed by atoms with Gasteiger partial charge in [0, 0.05) is 6.54 Å². The van der Waals surface area contributed by atoms with Crippen LogP contribution >= 0.6 is 11.3 Å². The van der Waals surface area contributed by atoms with Crippen molar-refractivity contribution in [3.05, 3.63) is 63.0 Å². The minimum atomic E-state index is -0.136. The molecule has 0 saturated carbocycles. The summed E-state index contributed by atoms with van der Waals surface area (Å²) >= 11 is 1.28. The van der Waals surface area contributed by atoms with E-state index in [9.17, 15) is 9.59 Å². The van der Waals surface area contributed by atoms with Gasteiger partial charge in [0.25, 0.3) is 11.5 Å². The van der Waals surface area contributed by atoms with Crippen LogP contribution < -0.4 is 10.9 Å². The summed E-state index contributed by atoms with van der Waals surface area (Å²) in [5.74, 6) is 0.239. The third-order valence-electron chi connectivity index (χ3n) is 3.99. The highest BCUT2D eigenvalue weighted by molar-refractivity contribution is 7.20. The Morgan fingerprint density at radius 3 is 2.68 bits per heavy atom. The molecule has 0 unspecified atom stereocenters. The van der Waals surface area contributed by atoms with Gasteiger partial charge in [0.05, 0.1) is 23.1 Å². The van der Waals surface area contributed by atoms with Crippen molar-refractivity contribution in [3.63, 3.8) is 0 Å². The number of nitrogens with one attached hydrogen (secondary N) is 1. The average molecular weight is 355 g/mol. The van der Waals surface area contributed by atoms with Crippen molar-refractivity contribution < 1.29 is 4.79 Å². The molecule has 0 aliphatic heterocycles. The van der Waals surface area contributed by atoms with Gasteiger partial charge in [-0.1, -0.05) is 44.2 Å². The van der Waals surface area contributed by atoms with Crippen LogP contribution in [0, 0.1) is 12.8 Å². The third kappa shape index (κ3) is 3.64. The highest BCUT2D eigenvalue weighted by atomic mass is 32.1. The second-order valence-electron chi connectivity index (χ2n) is 6.50. The fourth-order valence-electron chi connectivity index (χ4n) is 2.65. The van der Waals surface area contributed by atoms with E-state index in [0.29, 0.717) is 39.7 Å². The number of hydrogen-bond donors (Lipinski definition) is 1. The zero-order valence-electron chi connectivity index (χ0n) is 14.6. The molecule has 5 nitrogen and oxygen atoms in total. The molecule has 2 aromatic heterocycles. The van der Waals surface area contributed by atoms with Crippen molar-refractivity contribution in [2.75, 3.05) is 6.54 Å². The molecule has 130 valence electrons. The monoisotopic (exact) mass is 355 g/mol. The lowest BCUT2D eigenvalue weighted by atomic mass is 10.2. The molecule has 0 radical (unpaired) electrons. The predicted molar refractivity (Wildman–Crippen MR) is 101 cm³/mol. The van der Waals surface area contributed by atoms with Crippen molar-refractivity contribution in [2.45, 2.75) is 27.3 Å². The number of fused-ring (bicyclic) bond motifs is 1. The van der Waals surface area contributed by atoms with Gasteiger partial charge in [-0.2, -0.15) is 0 Å². The maximum absolute atomic E-state index is 12.9. The zero-order chi connectivity index (χ0) is 18.0. The summed E-state index contributed by atoms with van der Waals surface area (Å²) < 4.78 is 1.59. The summed E-state index contributed by atoms with van der Waals surface area (Å²) in [5.41, 5.74) is 1.64. The van der Waals surface area contributed by atoms with Gasteiger partial charge >= 0.3 is 0 Å². The molecule has 0 aliphatic rings. The summed E-state index contributed by atoms with van der Waals surface area (Å²) in [6, 6.07) is 9.78. The fourth-order valence-corrected chi connectivity index (χ4v) is 3.70. The smallest absolute Gasteiger partial charge is 0.262 e. The molecule has 2 heterocycles. The number of aromatic nitrogens is 2. The topological polar surface area (TPSA) is 64.0 Å². The first-order chi connectivity index (χ1) is 12.0. The highest BCUT2D eigenvalue weighted by Crippen LogP contribution is 2.26. The standard InChI is InChI=1S/C19H21N3O2S/c1-12(2)9-20-17(23)16-13(3)15-18(25-16)21-11-22(19(15)24)10-14-7-5-4-6-8-14/h4-8,11-12H,9-10H2,1-3H3,(H,20,23). The van der Waals surface area contributed by atoms with Crippen LogP contribution in [-0.2, 0) is 6.54 Å². The largest absolute Gasteiger partial charge is 0.351 e. The molecule has 1 N–H and O–H groups in total. The second kappa shape index (κ2) is 7.19. The fraction of sp³-hybridized carbons (Fsp3) is 0.316. The van der Waals surface area contributed by atoms with Crippen LogP contribution in [0.5, 0.6) is 0 Å². The number of rotatable bonds is 5. The lowest BCUT2D eigenvalue weighted by Crippen LogP contribution is -2.27. The van der Waals surface area contributed by atoms with Crippen LogP contribution in [0.4, 0.5) is 0 Å². The van der Waals surface area contributed by atoms with E-state index in [1.54, 1.807) is 10.9 Å². The van der Waals surface area contributed by atoms with E-state index in [4.69, 9.17) is 0 Å². The summed E-state index contributed by atoms with van der Waals surface area (Å²) in [6.45, 7) is 6.98. The van der Waals surface area contributed by atoms with Crippen molar-refractivity contribution in [3.8, 4) is 0 Å². The number of carbonyl (C=O) groups is 1. The first-order valence-corrected chi connectivity index (χ1v) is 9.09. The maximum Gasteiger partial charge on any atom is 0.262 e. The Bertz CT molecular complexity index is 958. The molecule has 0 spiro atoms. The molecular formula is C19H21N3O2S. The molecule has 25 heavy (non-hydrogen) atoms. The van der Waals surface area contributed by atoms with Crippen LogP contribution in [-0.4, -0.2) is 22.0 Å². The summed E-state index contributed by atoms with van der Waals surface area (Å²) in [6.07, 6.45) is 1.56. The van der Waals surface area contributed by atoms with E-state index in [2.05, 4.69) is 10.3 Å².